The van der Waals surface area contributed by atoms with Crippen LogP contribution in [0.5, 0.6) is 5.75 Å². The zero-order chi connectivity index (χ0) is 15.4. The van der Waals surface area contributed by atoms with Crippen molar-refractivity contribution in [3.63, 3.8) is 0 Å². The van der Waals surface area contributed by atoms with Crippen molar-refractivity contribution >= 4 is 27.4 Å². The van der Waals surface area contributed by atoms with Gasteiger partial charge in [-0.2, -0.15) is 0 Å². The second-order valence-electron chi connectivity index (χ2n) is 4.72. The third kappa shape index (κ3) is 3.17. The van der Waals surface area contributed by atoms with E-state index >= 15 is 0 Å². The Balaban J connectivity index is 1.85. The van der Waals surface area contributed by atoms with Crippen LogP contribution in [-0.4, -0.2) is 30.3 Å². The van der Waals surface area contributed by atoms with E-state index in [1.54, 1.807) is 11.3 Å². The maximum absolute atomic E-state index is 12.1. The molecule has 1 aromatic carbocycles. The van der Waals surface area contributed by atoms with Crippen LogP contribution in [0.15, 0.2) is 36.5 Å². The molecule has 0 bridgehead atoms. The molecule has 0 unspecified atom stereocenters. The highest BCUT2D eigenvalue weighted by Gasteiger charge is 2.08. The van der Waals surface area contributed by atoms with Crippen LogP contribution in [-0.2, 0) is 0 Å². The third-order valence-electron chi connectivity index (χ3n) is 3.17. The maximum Gasteiger partial charge on any atom is 0.126 e. The van der Waals surface area contributed by atoms with Gasteiger partial charge in [-0.3, -0.25) is 4.39 Å². The van der Waals surface area contributed by atoms with E-state index in [-0.39, 0.29) is 6.67 Å². The summed E-state index contributed by atoms with van der Waals surface area (Å²) < 4.78 is 18.7. The molecule has 0 radical (unpaired) electrons. The number of thiazole rings is 1. The highest BCUT2D eigenvalue weighted by atomic mass is 32.1. The Labute approximate surface area is 132 Å². The zero-order valence-electron chi connectivity index (χ0n) is 12.2. The summed E-state index contributed by atoms with van der Waals surface area (Å²) in [5.41, 5.74) is 1.91. The molecule has 2 heterocycles. The van der Waals surface area contributed by atoms with Gasteiger partial charge in [0.05, 0.1) is 23.5 Å². The minimum Gasteiger partial charge on any atom is -0.493 e. The number of aromatic nitrogens is 2. The van der Waals surface area contributed by atoms with Crippen LogP contribution in [0.4, 0.5) is 10.2 Å². The monoisotopic (exact) mass is 317 g/mol. The van der Waals surface area contributed by atoms with Crippen molar-refractivity contribution < 1.29 is 9.13 Å². The van der Waals surface area contributed by atoms with Crippen LogP contribution in [0.2, 0.25) is 0 Å². The van der Waals surface area contributed by atoms with Gasteiger partial charge in [-0.1, -0.05) is 0 Å². The largest absolute Gasteiger partial charge is 0.493 e. The molecule has 0 aliphatic carbocycles. The van der Waals surface area contributed by atoms with E-state index in [4.69, 9.17) is 4.74 Å². The summed E-state index contributed by atoms with van der Waals surface area (Å²) in [6, 6.07) is 9.66. The first-order valence-corrected chi connectivity index (χ1v) is 7.85. The summed E-state index contributed by atoms with van der Waals surface area (Å²) in [6.45, 7) is 0.0334. The van der Waals surface area contributed by atoms with Crippen LogP contribution in [0.1, 0.15) is 6.42 Å². The van der Waals surface area contributed by atoms with E-state index in [9.17, 15) is 4.39 Å². The van der Waals surface area contributed by atoms with Crippen molar-refractivity contribution in [1.29, 1.82) is 0 Å². The van der Waals surface area contributed by atoms with Crippen molar-refractivity contribution in [2.24, 2.45) is 0 Å². The average molecular weight is 317 g/mol. The molecular formula is C16H16FN3OS. The van der Waals surface area contributed by atoms with Crippen molar-refractivity contribution in [3.05, 3.63) is 36.5 Å². The number of halogens is 1. The molecule has 0 aliphatic heterocycles. The van der Waals surface area contributed by atoms with E-state index in [1.165, 1.54) is 0 Å². The predicted molar refractivity (Wildman–Crippen MR) is 88.5 cm³/mol. The van der Waals surface area contributed by atoms with E-state index in [0.29, 0.717) is 13.0 Å². The third-order valence-corrected chi connectivity index (χ3v) is 4.24. The second-order valence-corrected chi connectivity index (χ2v) is 5.75. The molecule has 0 fully saturated rings. The van der Waals surface area contributed by atoms with Crippen molar-refractivity contribution in [2.45, 2.75) is 6.42 Å². The average Bonchev–Trinajstić information content (AvgIpc) is 2.98. The lowest BCUT2D eigenvalue weighted by Crippen LogP contribution is -1.97. The van der Waals surface area contributed by atoms with Crippen molar-refractivity contribution in [2.75, 3.05) is 25.6 Å². The Kier molecular flexibility index (Phi) is 4.48. The predicted octanol–water partition coefficient (Wildman–Crippen LogP) is 4.14. The molecule has 0 amide bonds. The van der Waals surface area contributed by atoms with Gasteiger partial charge in [-0.25, -0.2) is 9.97 Å². The molecule has 3 aromatic rings. The highest BCUT2D eigenvalue weighted by molar-refractivity contribution is 7.21. The first-order chi connectivity index (χ1) is 10.8. The normalized spacial score (nSPS) is 10.8. The molecule has 0 saturated carbocycles. The zero-order valence-corrected chi connectivity index (χ0v) is 13.0. The molecule has 0 saturated heterocycles. The number of alkyl halides is 1. The number of nitrogens with zero attached hydrogens (tertiary/aromatic N) is 2. The molecule has 4 nitrogen and oxygen atoms in total. The number of pyridine rings is 1. The number of hydrogen-bond acceptors (Lipinski definition) is 5. The molecule has 2 aromatic heterocycles. The Morgan fingerprint density at radius 1 is 1.27 bits per heavy atom. The van der Waals surface area contributed by atoms with Gasteiger partial charge < -0.3 is 10.1 Å². The first-order valence-electron chi connectivity index (χ1n) is 7.03. The molecule has 0 spiro atoms. The van der Waals surface area contributed by atoms with Gasteiger partial charge in [0.15, 0.2) is 0 Å². The number of anilines is 1. The van der Waals surface area contributed by atoms with Gasteiger partial charge in [-0.15, -0.1) is 11.3 Å². The highest BCUT2D eigenvalue weighted by Crippen LogP contribution is 2.32. The molecule has 22 heavy (non-hydrogen) atoms. The van der Waals surface area contributed by atoms with Gasteiger partial charge in [-0.05, 0) is 30.3 Å². The fourth-order valence-corrected chi connectivity index (χ4v) is 3.02. The molecule has 0 aliphatic rings. The Bertz CT molecular complexity index is 758. The summed E-state index contributed by atoms with van der Waals surface area (Å²) >= 11 is 1.59. The lowest BCUT2D eigenvalue weighted by molar-refractivity contribution is 0.290. The number of hydrogen-bond donors (Lipinski definition) is 1. The second kappa shape index (κ2) is 6.70. The van der Waals surface area contributed by atoms with Crippen LogP contribution in [0, 0.1) is 0 Å². The van der Waals surface area contributed by atoms with Crippen LogP contribution in [0.25, 0.3) is 20.8 Å². The summed E-state index contributed by atoms with van der Waals surface area (Å²) in [6.07, 6.45) is 2.22. The number of rotatable bonds is 6. The van der Waals surface area contributed by atoms with Gasteiger partial charge in [0.1, 0.15) is 16.6 Å². The summed E-state index contributed by atoms with van der Waals surface area (Å²) in [7, 11) is 1.84. The fourth-order valence-electron chi connectivity index (χ4n) is 2.03. The lowest BCUT2D eigenvalue weighted by atomic mass is 10.3. The van der Waals surface area contributed by atoms with E-state index < -0.39 is 0 Å². The fraction of sp³-hybridized carbons (Fsp3) is 0.250. The van der Waals surface area contributed by atoms with Gasteiger partial charge in [0.2, 0.25) is 0 Å². The van der Waals surface area contributed by atoms with Gasteiger partial charge in [0, 0.05) is 25.2 Å². The smallest absolute Gasteiger partial charge is 0.126 e. The number of fused-ring (bicyclic) bond motifs is 1. The molecule has 0 atom stereocenters. The summed E-state index contributed by atoms with van der Waals surface area (Å²) in [4.78, 5) is 8.93. The summed E-state index contributed by atoms with van der Waals surface area (Å²) in [5, 5.41) is 3.91. The standard InChI is InChI=1S/C16H16FN3OS/c1-18-15-6-3-11(10-19-15)16-20-13-5-4-12(9-14(13)22-16)21-8-2-7-17/h3-6,9-10H,2,7-8H2,1H3,(H,18,19). The van der Waals surface area contributed by atoms with E-state index in [2.05, 4.69) is 15.3 Å². The van der Waals surface area contributed by atoms with Crippen LogP contribution >= 0.6 is 11.3 Å². The first kappa shape index (κ1) is 14.7. The summed E-state index contributed by atoms with van der Waals surface area (Å²) in [5.74, 6) is 1.58. The molecule has 3 rings (SSSR count). The molecule has 114 valence electrons. The Morgan fingerprint density at radius 2 is 2.18 bits per heavy atom. The van der Waals surface area contributed by atoms with Gasteiger partial charge >= 0.3 is 0 Å². The van der Waals surface area contributed by atoms with Gasteiger partial charge in [0.25, 0.3) is 0 Å². The minimum atomic E-state index is -0.359. The van der Waals surface area contributed by atoms with Crippen LogP contribution in [0.3, 0.4) is 0 Å². The van der Waals surface area contributed by atoms with E-state index in [1.807, 2.05) is 43.6 Å². The Hall–Kier alpha value is -2.21. The lowest BCUT2D eigenvalue weighted by Gasteiger charge is -2.03. The molecule has 6 heteroatoms. The topological polar surface area (TPSA) is 47.0 Å². The quantitative estimate of drug-likeness (QED) is 0.694. The molecule has 1 N–H and O–H groups in total. The number of benzene rings is 1. The minimum absolute atomic E-state index is 0.359. The number of nitrogens with one attached hydrogen (secondary N) is 1. The van der Waals surface area contributed by atoms with Crippen LogP contribution < -0.4 is 10.1 Å². The van der Waals surface area contributed by atoms with E-state index in [0.717, 1.165) is 32.4 Å². The maximum atomic E-state index is 12.1. The van der Waals surface area contributed by atoms with Crippen molar-refractivity contribution in [3.8, 4) is 16.3 Å². The van der Waals surface area contributed by atoms with Crippen molar-refractivity contribution in [1.82, 2.24) is 9.97 Å². The SMILES string of the molecule is CNc1ccc(-c2nc3ccc(OCCCF)cc3s2)cn1. The Morgan fingerprint density at radius 3 is 2.91 bits per heavy atom. The molecular weight excluding hydrogens is 301 g/mol. The number of ether oxygens (including phenoxy) is 1.